The molecule has 0 aliphatic heterocycles. The van der Waals surface area contributed by atoms with Gasteiger partial charge in [-0.1, -0.05) is 20.8 Å². The number of rotatable bonds is 4. The molecule has 0 aromatic carbocycles. The lowest BCUT2D eigenvalue weighted by molar-refractivity contribution is 0.0409. The van der Waals surface area contributed by atoms with E-state index in [0.717, 1.165) is 0 Å². The Morgan fingerprint density at radius 1 is 1.00 bits per heavy atom. The monoisotopic (exact) mass is 160 g/mol. The van der Waals surface area contributed by atoms with E-state index >= 15 is 0 Å². The first-order chi connectivity index (χ1) is 4.95. The molecule has 0 amide bonds. The van der Waals surface area contributed by atoms with Crippen LogP contribution in [0.3, 0.4) is 0 Å². The fourth-order valence-corrected chi connectivity index (χ4v) is 1.01. The van der Waals surface area contributed by atoms with Crippen molar-refractivity contribution < 1.29 is 10.2 Å². The summed E-state index contributed by atoms with van der Waals surface area (Å²) in [5, 5.41) is 18.5. The van der Waals surface area contributed by atoms with Gasteiger partial charge >= 0.3 is 0 Å². The van der Waals surface area contributed by atoms with Crippen LogP contribution in [-0.4, -0.2) is 22.4 Å². The van der Waals surface area contributed by atoms with Gasteiger partial charge in [-0.25, -0.2) is 0 Å². The number of aliphatic hydroxyl groups is 2. The molecule has 2 heteroatoms. The van der Waals surface area contributed by atoms with Crippen molar-refractivity contribution in [1.82, 2.24) is 0 Å². The Balaban J connectivity index is 3.73. The van der Waals surface area contributed by atoms with Gasteiger partial charge < -0.3 is 10.2 Å². The Labute approximate surface area is 69.2 Å². The number of hydrogen-bond donors (Lipinski definition) is 2. The molecule has 0 radical (unpaired) electrons. The highest BCUT2D eigenvalue weighted by molar-refractivity contribution is 4.69. The molecule has 3 unspecified atom stereocenters. The van der Waals surface area contributed by atoms with Crippen molar-refractivity contribution in [2.45, 2.75) is 46.3 Å². The molecule has 0 aliphatic rings. The largest absolute Gasteiger partial charge is 0.393 e. The maximum Gasteiger partial charge on any atom is 0.0592 e. The fourth-order valence-electron chi connectivity index (χ4n) is 1.01. The molecule has 68 valence electrons. The van der Waals surface area contributed by atoms with Crippen molar-refractivity contribution in [3.63, 3.8) is 0 Å². The molecule has 0 rings (SSSR count). The predicted octanol–water partition coefficient (Wildman–Crippen LogP) is 1.41. The third-order valence-corrected chi connectivity index (χ3v) is 2.24. The molecule has 3 atom stereocenters. The molecule has 0 fully saturated rings. The molecule has 0 spiro atoms. The topological polar surface area (TPSA) is 40.5 Å². The van der Waals surface area contributed by atoms with Crippen LogP contribution in [0.4, 0.5) is 0 Å². The SMILES string of the molecule is CC(O)CC(O)C(C)C(C)C. The van der Waals surface area contributed by atoms with Gasteiger partial charge in [-0.15, -0.1) is 0 Å². The quantitative estimate of drug-likeness (QED) is 0.653. The summed E-state index contributed by atoms with van der Waals surface area (Å²) in [6, 6.07) is 0. The highest BCUT2D eigenvalue weighted by Crippen LogP contribution is 2.17. The molecular formula is C9H20O2. The van der Waals surface area contributed by atoms with Crippen LogP contribution < -0.4 is 0 Å². The lowest BCUT2D eigenvalue weighted by Crippen LogP contribution is -2.25. The minimum Gasteiger partial charge on any atom is -0.393 e. The highest BCUT2D eigenvalue weighted by atomic mass is 16.3. The van der Waals surface area contributed by atoms with Crippen LogP contribution in [0.25, 0.3) is 0 Å². The van der Waals surface area contributed by atoms with Crippen molar-refractivity contribution in [3.8, 4) is 0 Å². The Morgan fingerprint density at radius 2 is 1.45 bits per heavy atom. The normalized spacial score (nSPS) is 19.9. The van der Waals surface area contributed by atoms with E-state index in [1.54, 1.807) is 6.92 Å². The Bertz CT molecular complexity index is 99.7. The Hall–Kier alpha value is -0.0800. The summed E-state index contributed by atoms with van der Waals surface area (Å²) in [7, 11) is 0. The summed E-state index contributed by atoms with van der Waals surface area (Å²) >= 11 is 0. The van der Waals surface area contributed by atoms with Gasteiger partial charge in [0.05, 0.1) is 12.2 Å². The van der Waals surface area contributed by atoms with E-state index in [1.165, 1.54) is 0 Å². The van der Waals surface area contributed by atoms with Crippen LogP contribution >= 0.6 is 0 Å². The summed E-state index contributed by atoms with van der Waals surface area (Å²) < 4.78 is 0. The molecule has 2 nitrogen and oxygen atoms in total. The van der Waals surface area contributed by atoms with E-state index in [0.29, 0.717) is 12.3 Å². The van der Waals surface area contributed by atoms with Crippen LogP contribution in [0.2, 0.25) is 0 Å². The smallest absolute Gasteiger partial charge is 0.0592 e. The van der Waals surface area contributed by atoms with Crippen LogP contribution in [-0.2, 0) is 0 Å². The second kappa shape index (κ2) is 4.73. The van der Waals surface area contributed by atoms with Crippen molar-refractivity contribution in [2.75, 3.05) is 0 Å². The zero-order valence-corrected chi connectivity index (χ0v) is 7.91. The van der Waals surface area contributed by atoms with Gasteiger partial charge in [0.15, 0.2) is 0 Å². The Kier molecular flexibility index (Phi) is 4.69. The summed E-state index contributed by atoms with van der Waals surface area (Å²) in [4.78, 5) is 0. The minimum absolute atomic E-state index is 0.268. The van der Waals surface area contributed by atoms with Gasteiger partial charge in [0.1, 0.15) is 0 Å². The maximum atomic E-state index is 9.50. The van der Waals surface area contributed by atoms with Gasteiger partial charge in [-0.2, -0.15) is 0 Å². The summed E-state index contributed by atoms with van der Waals surface area (Å²) in [6.07, 6.45) is -0.277. The zero-order valence-electron chi connectivity index (χ0n) is 7.91. The zero-order chi connectivity index (χ0) is 9.02. The van der Waals surface area contributed by atoms with Crippen molar-refractivity contribution >= 4 is 0 Å². The predicted molar refractivity (Wildman–Crippen MR) is 46.3 cm³/mol. The number of aliphatic hydroxyl groups excluding tert-OH is 2. The van der Waals surface area contributed by atoms with E-state index in [-0.39, 0.29) is 12.0 Å². The van der Waals surface area contributed by atoms with Gasteiger partial charge in [0.25, 0.3) is 0 Å². The molecular weight excluding hydrogens is 140 g/mol. The van der Waals surface area contributed by atoms with Crippen LogP contribution in [0.1, 0.15) is 34.1 Å². The molecule has 0 bridgehead atoms. The first-order valence-corrected chi connectivity index (χ1v) is 4.31. The summed E-state index contributed by atoms with van der Waals surface area (Å²) in [5.74, 6) is 0.744. The number of hydrogen-bond acceptors (Lipinski definition) is 2. The second-order valence-corrected chi connectivity index (χ2v) is 3.76. The maximum absolute atomic E-state index is 9.50. The first kappa shape index (κ1) is 10.9. The van der Waals surface area contributed by atoms with Crippen LogP contribution in [0.5, 0.6) is 0 Å². The van der Waals surface area contributed by atoms with E-state index in [4.69, 9.17) is 5.11 Å². The van der Waals surface area contributed by atoms with Crippen molar-refractivity contribution in [3.05, 3.63) is 0 Å². The van der Waals surface area contributed by atoms with E-state index < -0.39 is 6.10 Å². The fraction of sp³-hybridized carbons (Fsp3) is 1.00. The third kappa shape index (κ3) is 4.38. The average Bonchev–Trinajstić information content (AvgIpc) is 1.84. The highest BCUT2D eigenvalue weighted by Gasteiger charge is 2.18. The molecule has 0 aromatic rings. The standard InChI is InChI=1S/C9H20O2/c1-6(2)8(4)9(11)5-7(3)10/h6-11H,5H2,1-4H3. The molecule has 11 heavy (non-hydrogen) atoms. The van der Waals surface area contributed by atoms with Crippen molar-refractivity contribution in [2.24, 2.45) is 11.8 Å². The van der Waals surface area contributed by atoms with Gasteiger partial charge in [0.2, 0.25) is 0 Å². The lowest BCUT2D eigenvalue weighted by Gasteiger charge is -2.22. The summed E-state index contributed by atoms with van der Waals surface area (Å²) in [6.45, 7) is 7.87. The van der Waals surface area contributed by atoms with Crippen LogP contribution in [0, 0.1) is 11.8 Å². The van der Waals surface area contributed by atoms with Gasteiger partial charge in [0, 0.05) is 0 Å². The van der Waals surface area contributed by atoms with Crippen molar-refractivity contribution in [1.29, 1.82) is 0 Å². The van der Waals surface area contributed by atoms with Gasteiger partial charge in [-0.3, -0.25) is 0 Å². The second-order valence-electron chi connectivity index (χ2n) is 3.76. The average molecular weight is 160 g/mol. The third-order valence-electron chi connectivity index (χ3n) is 2.24. The van der Waals surface area contributed by atoms with E-state index in [1.807, 2.05) is 6.92 Å². The van der Waals surface area contributed by atoms with E-state index in [2.05, 4.69) is 13.8 Å². The minimum atomic E-state index is -0.397. The molecule has 0 aliphatic carbocycles. The van der Waals surface area contributed by atoms with Gasteiger partial charge in [-0.05, 0) is 25.2 Å². The first-order valence-electron chi connectivity index (χ1n) is 4.31. The lowest BCUT2D eigenvalue weighted by atomic mass is 9.89. The molecule has 0 aromatic heterocycles. The molecule has 0 heterocycles. The Morgan fingerprint density at radius 3 is 1.73 bits per heavy atom. The molecule has 2 N–H and O–H groups in total. The molecule has 0 saturated heterocycles. The van der Waals surface area contributed by atoms with E-state index in [9.17, 15) is 5.11 Å². The summed E-state index contributed by atoms with van der Waals surface area (Å²) in [5.41, 5.74) is 0. The van der Waals surface area contributed by atoms with Crippen LogP contribution in [0.15, 0.2) is 0 Å². The molecule has 0 saturated carbocycles.